The van der Waals surface area contributed by atoms with Crippen LogP contribution in [-0.2, 0) is 6.54 Å². The number of nitrogens with two attached hydrogens (primary N) is 1. The number of hydrogen-bond donors (Lipinski definition) is 1. The smallest absolute Gasteiger partial charge is 0.201 e. The monoisotopic (exact) mass is 217 g/mol. The minimum Gasteiger partial charge on any atom is -0.369 e. The van der Waals surface area contributed by atoms with Crippen LogP contribution in [0.3, 0.4) is 0 Å². The fourth-order valence-electron chi connectivity index (χ4n) is 1.87. The normalized spacial score (nSPS) is 11.5. The van der Waals surface area contributed by atoms with Gasteiger partial charge in [0.25, 0.3) is 0 Å². The van der Waals surface area contributed by atoms with E-state index in [0.29, 0.717) is 11.9 Å². The molecule has 0 bridgehead atoms. The van der Waals surface area contributed by atoms with Crippen LogP contribution in [0.2, 0.25) is 0 Å². The van der Waals surface area contributed by atoms with Gasteiger partial charge in [-0.2, -0.15) is 0 Å². The number of aryl methyl sites for hydroxylation is 2. The molecule has 0 aliphatic rings. The number of nitrogens with zero attached hydrogens (tertiary/aromatic N) is 2. The van der Waals surface area contributed by atoms with Crippen molar-refractivity contribution in [1.82, 2.24) is 9.55 Å². The average molecular weight is 217 g/mol. The standard InChI is InChI=1S/C13H19N3/c1-9(2)6-7-16-12-8-10(3)4-5-11(12)15-13(16)14/h4-5,8-9H,6-7H2,1-3H3,(H2,14,15). The largest absolute Gasteiger partial charge is 0.369 e. The molecule has 3 nitrogen and oxygen atoms in total. The van der Waals surface area contributed by atoms with Crippen LogP contribution in [0.5, 0.6) is 0 Å². The Bertz CT molecular complexity index is 497. The lowest BCUT2D eigenvalue weighted by molar-refractivity contribution is 0.526. The molecule has 2 N–H and O–H groups in total. The predicted molar refractivity (Wildman–Crippen MR) is 68.3 cm³/mol. The summed E-state index contributed by atoms with van der Waals surface area (Å²) < 4.78 is 2.11. The lowest BCUT2D eigenvalue weighted by Gasteiger charge is -2.08. The summed E-state index contributed by atoms with van der Waals surface area (Å²) in [5, 5.41) is 0. The van der Waals surface area contributed by atoms with Gasteiger partial charge in [-0.15, -0.1) is 0 Å². The second-order valence-corrected chi connectivity index (χ2v) is 4.80. The fourth-order valence-corrected chi connectivity index (χ4v) is 1.87. The lowest BCUT2D eigenvalue weighted by Crippen LogP contribution is -2.05. The number of rotatable bonds is 3. The highest BCUT2D eigenvalue weighted by Crippen LogP contribution is 2.20. The first-order valence-electron chi connectivity index (χ1n) is 5.80. The molecule has 1 heterocycles. The van der Waals surface area contributed by atoms with E-state index in [1.165, 1.54) is 5.56 Å². The third-order valence-corrected chi connectivity index (χ3v) is 2.86. The van der Waals surface area contributed by atoms with Gasteiger partial charge in [-0.1, -0.05) is 19.9 Å². The lowest BCUT2D eigenvalue weighted by atomic mass is 10.1. The van der Waals surface area contributed by atoms with E-state index in [2.05, 4.69) is 42.5 Å². The van der Waals surface area contributed by atoms with E-state index < -0.39 is 0 Å². The van der Waals surface area contributed by atoms with Gasteiger partial charge in [0.2, 0.25) is 5.95 Å². The van der Waals surface area contributed by atoms with Crippen molar-refractivity contribution in [2.45, 2.75) is 33.7 Å². The summed E-state index contributed by atoms with van der Waals surface area (Å²) in [5.74, 6) is 1.31. The SMILES string of the molecule is Cc1ccc2nc(N)n(CCC(C)C)c2c1. The zero-order chi connectivity index (χ0) is 11.7. The van der Waals surface area contributed by atoms with Crippen molar-refractivity contribution >= 4 is 17.0 Å². The third-order valence-electron chi connectivity index (χ3n) is 2.86. The molecule has 1 aromatic heterocycles. The van der Waals surface area contributed by atoms with Gasteiger partial charge in [0.15, 0.2) is 0 Å². The molecular weight excluding hydrogens is 198 g/mol. The quantitative estimate of drug-likeness (QED) is 0.859. The second kappa shape index (κ2) is 4.16. The predicted octanol–water partition coefficient (Wildman–Crippen LogP) is 2.97. The van der Waals surface area contributed by atoms with Gasteiger partial charge in [0.1, 0.15) is 0 Å². The first kappa shape index (κ1) is 11.0. The van der Waals surface area contributed by atoms with E-state index in [1.807, 2.05) is 6.07 Å². The van der Waals surface area contributed by atoms with Gasteiger partial charge in [-0.25, -0.2) is 4.98 Å². The van der Waals surface area contributed by atoms with E-state index in [9.17, 15) is 0 Å². The molecule has 0 fully saturated rings. The molecule has 0 saturated heterocycles. The second-order valence-electron chi connectivity index (χ2n) is 4.80. The molecule has 0 aliphatic carbocycles. The highest BCUT2D eigenvalue weighted by molar-refractivity contribution is 5.79. The highest BCUT2D eigenvalue weighted by atomic mass is 15.1. The maximum Gasteiger partial charge on any atom is 0.201 e. The van der Waals surface area contributed by atoms with E-state index in [0.717, 1.165) is 24.0 Å². The molecule has 0 saturated carbocycles. The van der Waals surface area contributed by atoms with E-state index in [1.54, 1.807) is 0 Å². The van der Waals surface area contributed by atoms with Gasteiger partial charge in [-0.3, -0.25) is 0 Å². The molecule has 86 valence electrons. The molecule has 0 spiro atoms. The van der Waals surface area contributed by atoms with E-state index in [-0.39, 0.29) is 0 Å². The first-order valence-corrected chi connectivity index (χ1v) is 5.80. The number of nitrogen functional groups attached to an aromatic ring is 1. The topological polar surface area (TPSA) is 43.8 Å². The molecule has 2 rings (SSSR count). The average Bonchev–Trinajstić information content (AvgIpc) is 2.51. The number of imidazole rings is 1. The van der Waals surface area contributed by atoms with Crippen LogP contribution >= 0.6 is 0 Å². The fraction of sp³-hybridized carbons (Fsp3) is 0.462. The Balaban J connectivity index is 2.42. The van der Waals surface area contributed by atoms with Crippen molar-refractivity contribution in [2.24, 2.45) is 5.92 Å². The minimum atomic E-state index is 0.626. The number of aromatic nitrogens is 2. The maximum atomic E-state index is 5.94. The Morgan fingerprint density at radius 2 is 2.12 bits per heavy atom. The van der Waals surface area contributed by atoms with Crippen LogP contribution in [0.25, 0.3) is 11.0 Å². The number of fused-ring (bicyclic) bond motifs is 1. The summed E-state index contributed by atoms with van der Waals surface area (Å²) in [5.41, 5.74) is 9.33. The highest BCUT2D eigenvalue weighted by Gasteiger charge is 2.08. The molecule has 0 amide bonds. The summed E-state index contributed by atoms with van der Waals surface area (Å²) in [6.45, 7) is 7.49. The van der Waals surface area contributed by atoms with Crippen molar-refractivity contribution in [1.29, 1.82) is 0 Å². The van der Waals surface area contributed by atoms with Gasteiger partial charge < -0.3 is 10.3 Å². The molecule has 0 aliphatic heterocycles. The van der Waals surface area contributed by atoms with Crippen LogP contribution < -0.4 is 5.73 Å². The molecule has 0 unspecified atom stereocenters. The van der Waals surface area contributed by atoms with Crippen molar-refractivity contribution in [3.63, 3.8) is 0 Å². The van der Waals surface area contributed by atoms with Gasteiger partial charge in [0, 0.05) is 6.54 Å². The summed E-state index contributed by atoms with van der Waals surface area (Å²) in [6.07, 6.45) is 1.13. The molecule has 0 atom stereocenters. The number of benzene rings is 1. The molecular formula is C13H19N3. The van der Waals surface area contributed by atoms with Crippen molar-refractivity contribution in [3.05, 3.63) is 23.8 Å². The zero-order valence-corrected chi connectivity index (χ0v) is 10.2. The molecule has 0 radical (unpaired) electrons. The third kappa shape index (κ3) is 2.03. The van der Waals surface area contributed by atoms with Crippen molar-refractivity contribution in [3.8, 4) is 0 Å². The summed E-state index contributed by atoms with van der Waals surface area (Å²) in [7, 11) is 0. The van der Waals surface area contributed by atoms with Crippen LogP contribution in [-0.4, -0.2) is 9.55 Å². The summed E-state index contributed by atoms with van der Waals surface area (Å²) in [6, 6.07) is 6.26. The summed E-state index contributed by atoms with van der Waals surface area (Å²) >= 11 is 0. The Kier molecular flexibility index (Phi) is 2.86. The maximum absolute atomic E-state index is 5.94. The number of hydrogen-bond acceptors (Lipinski definition) is 2. The van der Waals surface area contributed by atoms with E-state index in [4.69, 9.17) is 5.73 Å². The Labute approximate surface area is 96.3 Å². The number of anilines is 1. The Hall–Kier alpha value is -1.51. The van der Waals surface area contributed by atoms with Crippen LogP contribution in [0, 0.1) is 12.8 Å². The van der Waals surface area contributed by atoms with E-state index >= 15 is 0 Å². The minimum absolute atomic E-state index is 0.626. The van der Waals surface area contributed by atoms with Gasteiger partial charge in [0.05, 0.1) is 11.0 Å². The molecule has 3 heteroatoms. The van der Waals surface area contributed by atoms with Crippen molar-refractivity contribution < 1.29 is 0 Å². The van der Waals surface area contributed by atoms with Gasteiger partial charge in [-0.05, 0) is 37.0 Å². The van der Waals surface area contributed by atoms with Gasteiger partial charge >= 0.3 is 0 Å². The van der Waals surface area contributed by atoms with Crippen LogP contribution in [0.4, 0.5) is 5.95 Å². The Morgan fingerprint density at radius 1 is 1.38 bits per heavy atom. The Morgan fingerprint density at radius 3 is 2.81 bits per heavy atom. The van der Waals surface area contributed by atoms with Crippen molar-refractivity contribution in [2.75, 3.05) is 5.73 Å². The first-order chi connectivity index (χ1) is 7.58. The molecule has 16 heavy (non-hydrogen) atoms. The zero-order valence-electron chi connectivity index (χ0n) is 10.2. The molecule has 2 aromatic rings. The van der Waals surface area contributed by atoms with Crippen LogP contribution in [0.1, 0.15) is 25.8 Å². The molecule has 1 aromatic carbocycles. The van der Waals surface area contributed by atoms with Crippen LogP contribution in [0.15, 0.2) is 18.2 Å². The summed E-state index contributed by atoms with van der Waals surface area (Å²) in [4.78, 5) is 4.37.